The minimum absolute atomic E-state index is 0.310. The van der Waals surface area contributed by atoms with Gasteiger partial charge in [0.15, 0.2) is 0 Å². The summed E-state index contributed by atoms with van der Waals surface area (Å²) in [6.07, 6.45) is 4.29. The SMILES string of the molecule is COc1ccc(Cn2nncc2CN(Cc2ccc(-c3ccc(N4C[C@H](Cn5cccn5)OC4=O)cc3F)cc2)B(C)O)cc1. The number of methoxy groups -OCH3 is 1. The van der Waals surface area contributed by atoms with Gasteiger partial charge in [-0.1, -0.05) is 41.6 Å². The standard InChI is InChI=1S/C32H33BFN7O4/c1-33(43)38(20-27-17-35-37-41(27)19-24-6-11-28(44-2)12-7-24)18-23-4-8-25(9-5-23)30-13-10-26(16-31(30)34)40-22-29(45-32(40)42)21-39-15-3-14-36-39/h3-17,29,43H,18-22H2,1-2H3/t29-/m0/s1. The van der Waals surface area contributed by atoms with E-state index in [1.807, 2.05) is 58.0 Å². The Kier molecular flexibility index (Phi) is 8.90. The van der Waals surface area contributed by atoms with Gasteiger partial charge in [0.25, 0.3) is 0 Å². The number of carbonyl (C=O) groups is 1. The molecule has 45 heavy (non-hydrogen) atoms. The van der Waals surface area contributed by atoms with Crippen LogP contribution in [0.25, 0.3) is 11.1 Å². The minimum atomic E-state index is -0.726. The lowest BCUT2D eigenvalue weighted by Crippen LogP contribution is -2.36. The Morgan fingerprint density at radius 1 is 1.09 bits per heavy atom. The highest BCUT2D eigenvalue weighted by atomic mass is 19.1. The summed E-state index contributed by atoms with van der Waals surface area (Å²) in [5, 5.41) is 23.1. The van der Waals surface area contributed by atoms with Crippen molar-refractivity contribution in [1.82, 2.24) is 29.6 Å². The van der Waals surface area contributed by atoms with Crippen LogP contribution in [0.4, 0.5) is 14.9 Å². The number of hydrogen-bond donors (Lipinski definition) is 1. The molecule has 1 amide bonds. The number of halogens is 1. The highest BCUT2D eigenvalue weighted by Crippen LogP contribution is 2.30. The largest absolute Gasteiger partial charge is 0.497 e. The predicted octanol–water partition coefficient (Wildman–Crippen LogP) is 4.48. The number of nitrogens with zero attached hydrogens (tertiary/aromatic N) is 7. The number of amides is 1. The number of benzene rings is 3. The average Bonchev–Trinajstić information content (AvgIpc) is 3.80. The van der Waals surface area contributed by atoms with E-state index in [9.17, 15) is 9.82 Å². The van der Waals surface area contributed by atoms with Gasteiger partial charge < -0.3 is 19.3 Å². The molecule has 11 nitrogen and oxygen atoms in total. The van der Waals surface area contributed by atoms with Crippen LogP contribution in [-0.4, -0.2) is 67.5 Å². The smallest absolute Gasteiger partial charge is 0.414 e. The first-order valence-corrected chi connectivity index (χ1v) is 14.6. The summed E-state index contributed by atoms with van der Waals surface area (Å²) in [4.78, 5) is 15.8. The van der Waals surface area contributed by atoms with E-state index in [1.165, 1.54) is 11.0 Å². The first-order chi connectivity index (χ1) is 21.9. The zero-order valence-electron chi connectivity index (χ0n) is 25.0. The van der Waals surface area contributed by atoms with Gasteiger partial charge in [0.05, 0.1) is 44.3 Å². The van der Waals surface area contributed by atoms with E-state index in [2.05, 4.69) is 15.4 Å². The highest BCUT2D eigenvalue weighted by Gasteiger charge is 2.33. The van der Waals surface area contributed by atoms with Crippen molar-refractivity contribution >= 4 is 18.8 Å². The van der Waals surface area contributed by atoms with Crippen LogP contribution in [-0.2, 0) is 30.9 Å². The van der Waals surface area contributed by atoms with Crippen LogP contribution in [0, 0.1) is 5.82 Å². The maximum absolute atomic E-state index is 15.3. The number of aromatic nitrogens is 5. The van der Waals surface area contributed by atoms with Crippen molar-refractivity contribution < 1.29 is 23.7 Å². The molecule has 3 aromatic carbocycles. The van der Waals surface area contributed by atoms with Gasteiger partial charge in [-0.25, -0.2) is 13.9 Å². The van der Waals surface area contributed by atoms with Crippen LogP contribution in [0.2, 0.25) is 6.82 Å². The third-order valence-corrected chi connectivity index (χ3v) is 7.82. The number of rotatable bonds is 12. The zero-order valence-corrected chi connectivity index (χ0v) is 25.0. The van der Waals surface area contributed by atoms with E-state index >= 15 is 4.39 Å². The molecular weight excluding hydrogens is 576 g/mol. The molecule has 0 unspecified atom stereocenters. The van der Waals surface area contributed by atoms with Crippen LogP contribution >= 0.6 is 0 Å². The van der Waals surface area contributed by atoms with Gasteiger partial charge in [-0.05, 0) is 59.9 Å². The molecule has 1 saturated heterocycles. The Hall–Kier alpha value is -5.01. The molecule has 230 valence electrons. The molecule has 0 saturated carbocycles. The van der Waals surface area contributed by atoms with Crippen molar-refractivity contribution in [1.29, 1.82) is 0 Å². The lowest BCUT2D eigenvalue weighted by molar-refractivity contribution is 0.129. The molecule has 0 bridgehead atoms. The summed E-state index contributed by atoms with van der Waals surface area (Å²) in [7, 11) is 0.906. The van der Waals surface area contributed by atoms with Crippen molar-refractivity contribution in [3.05, 3.63) is 114 Å². The molecule has 1 atom stereocenters. The molecule has 1 fully saturated rings. The summed E-state index contributed by atoms with van der Waals surface area (Å²) in [6.45, 7) is 3.89. The molecule has 1 N–H and O–H groups in total. The second-order valence-electron chi connectivity index (χ2n) is 11.0. The zero-order chi connectivity index (χ0) is 31.3. The fraction of sp³-hybridized carbons (Fsp3) is 0.250. The monoisotopic (exact) mass is 609 g/mol. The summed E-state index contributed by atoms with van der Waals surface area (Å²) in [5.41, 5.74) is 4.43. The highest BCUT2D eigenvalue weighted by molar-refractivity contribution is 6.45. The third kappa shape index (κ3) is 7.05. The molecule has 5 aromatic rings. The van der Waals surface area contributed by atoms with Gasteiger partial charge in [0.2, 0.25) is 0 Å². The fourth-order valence-electron chi connectivity index (χ4n) is 5.34. The van der Waals surface area contributed by atoms with Gasteiger partial charge in [-0.15, -0.1) is 5.10 Å². The van der Waals surface area contributed by atoms with E-state index in [-0.39, 0.29) is 6.10 Å². The van der Waals surface area contributed by atoms with Gasteiger partial charge in [0.1, 0.15) is 17.7 Å². The van der Waals surface area contributed by atoms with E-state index < -0.39 is 19.0 Å². The summed E-state index contributed by atoms with van der Waals surface area (Å²) < 4.78 is 29.5. The van der Waals surface area contributed by atoms with Crippen LogP contribution in [0.1, 0.15) is 16.8 Å². The number of carbonyl (C=O) groups excluding carboxylic acids is 1. The Bertz CT molecular complexity index is 1730. The van der Waals surface area contributed by atoms with E-state index in [1.54, 1.807) is 55.4 Å². The lowest BCUT2D eigenvalue weighted by atomic mass is 9.84. The van der Waals surface area contributed by atoms with Crippen molar-refractivity contribution in [2.75, 3.05) is 18.6 Å². The van der Waals surface area contributed by atoms with Gasteiger partial charge in [-0.2, -0.15) is 5.10 Å². The fourth-order valence-corrected chi connectivity index (χ4v) is 5.34. The molecule has 0 spiro atoms. The molecule has 1 aliphatic heterocycles. The topological polar surface area (TPSA) is 111 Å². The molecule has 0 radical (unpaired) electrons. The maximum atomic E-state index is 15.3. The number of ether oxygens (including phenoxy) is 2. The molecule has 2 aromatic heterocycles. The Morgan fingerprint density at radius 3 is 2.56 bits per heavy atom. The van der Waals surface area contributed by atoms with Crippen molar-refractivity contribution in [3.8, 4) is 16.9 Å². The summed E-state index contributed by atoms with van der Waals surface area (Å²) in [5.74, 6) is 0.347. The maximum Gasteiger partial charge on any atom is 0.414 e. The normalized spacial score (nSPS) is 14.6. The molecular formula is C32H33BFN7O4. The quantitative estimate of drug-likeness (QED) is 0.206. The Balaban J connectivity index is 1.10. The minimum Gasteiger partial charge on any atom is -0.497 e. The third-order valence-electron chi connectivity index (χ3n) is 7.82. The van der Waals surface area contributed by atoms with Crippen molar-refractivity contribution in [2.45, 2.75) is 39.1 Å². The van der Waals surface area contributed by atoms with Crippen LogP contribution in [0.3, 0.4) is 0 Å². The number of cyclic esters (lactones) is 1. The van der Waals surface area contributed by atoms with Crippen LogP contribution < -0.4 is 9.64 Å². The number of anilines is 1. The second-order valence-corrected chi connectivity index (χ2v) is 11.0. The van der Waals surface area contributed by atoms with E-state index in [0.717, 1.165) is 22.6 Å². The Labute approximate surface area is 260 Å². The average molecular weight is 609 g/mol. The molecule has 6 rings (SSSR count). The molecule has 3 heterocycles. The summed E-state index contributed by atoms with van der Waals surface area (Å²) in [6, 6.07) is 21.9. The van der Waals surface area contributed by atoms with Gasteiger partial charge in [0, 0.05) is 31.0 Å². The first kappa shape index (κ1) is 30.0. The second kappa shape index (κ2) is 13.3. The first-order valence-electron chi connectivity index (χ1n) is 14.6. The predicted molar refractivity (Wildman–Crippen MR) is 167 cm³/mol. The summed E-state index contributed by atoms with van der Waals surface area (Å²) >= 11 is 0. The molecule has 13 heteroatoms. The van der Waals surface area contributed by atoms with E-state index in [0.29, 0.717) is 49.5 Å². The van der Waals surface area contributed by atoms with Gasteiger partial charge in [-0.3, -0.25) is 9.58 Å². The van der Waals surface area contributed by atoms with Gasteiger partial charge >= 0.3 is 13.1 Å². The van der Waals surface area contributed by atoms with Crippen LogP contribution in [0.5, 0.6) is 5.75 Å². The Morgan fingerprint density at radius 2 is 1.87 bits per heavy atom. The number of hydrogen-bond acceptors (Lipinski definition) is 8. The van der Waals surface area contributed by atoms with E-state index in [4.69, 9.17) is 9.47 Å². The molecule has 1 aliphatic rings. The van der Waals surface area contributed by atoms with Crippen LogP contribution in [0.15, 0.2) is 91.4 Å². The molecule has 0 aliphatic carbocycles. The van der Waals surface area contributed by atoms with Crippen molar-refractivity contribution in [2.24, 2.45) is 0 Å². The lowest BCUT2D eigenvalue weighted by Gasteiger charge is -2.23. The van der Waals surface area contributed by atoms with Crippen molar-refractivity contribution in [3.63, 3.8) is 0 Å².